The maximum absolute atomic E-state index is 11.7. The summed E-state index contributed by atoms with van der Waals surface area (Å²) in [5, 5.41) is 14.5. The topological polar surface area (TPSA) is 96.3 Å². The van der Waals surface area contributed by atoms with E-state index >= 15 is 0 Å². The lowest BCUT2D eigenvalue weighted by molar-refractivity contribution is -0.147. The Hall–Kier alpha value is -2.05. The number of nitrogens with zero attached hydrogens (tertiary/aromatic N) is 2. The van der Waals surface area contributed by atoms with Crippen LogP contribution < -0.4 is 10.6 Å². The molecule has 0 saturated heterocycles. The summed E-state index contributed by atoms with van der Waals surface area (Å²) in [7, 11) is 0. The maximum atomic E-state index is 11.7. The Bertz CT molecular complexity index is 446. The number of carboxylic acid groups (broad SMARTS) is 1. The van der Waals surface area contributed by atoms with Gasteiger partial charge in [0.1, 0.15) is 0 Å². The molecule has 0 aliphatic heterocycles. The van der Waals surface area contributed by atoms with Crippen LogP contribution in [0.3, 0.4) is 0 Å². The summed E-state index contributed by atoms with van der Waals surface area (Å²) in [6, 6.07) is -0.444. The first-order chi connectivity index (χ1) is 9.37. The number of hydrogen-bond acceptors (Lipinski definition) is 3. The lowest BCUT2D eigenvalue weighted by Crippen LogP contribution is -2.47. The van der Waals surface area contributed by atoms with Crippen molar-refractivity contribution < 1.29 is 14.7 Å². The van der Waals surface area contributed by atoms with Crippen molar-refractivity contribution in [2.45, 2.75) is 39.8 Å². The Balaban J connectivity index is 2.38. The van der Waals surface area contributed by atoms with Crippen molar-refractivity contribution in [3.63, 3.8) is 0 Å². The Kier molecular flexibility index (Phi) is 5.54. The molecule has 1 aromatic rings. The fraction of sp³-hybridized carbons (Fsp3) is 0.615. The van der Waals surface area contributed by atoms with E-state index in [-0.39, 0.29) is 18.6 Å². The summed E-state index contributed by atoms with van der Waals surface area (Å²) >= 11 is 0. The predicted molar refractivity (Wildman–Crippen MR) is 74.3 cm³/mol. The number of aromatic nitrogens is 2. The number of carbonyl (C=O) groups excluding carboxylic acids is 1. The molecule has 3 N–H and O–H groups in total. The van der Waals surface area contributed by atoms with Crippen molar-refractivity contribution in [1.29, 1.82) is 0 Å². The van der Waals surface area contributed by atoms with Crippen molar-refractivity contribution in [2.75, 3.05) is 6.54 Å². The second-order valence-corrected chi connectivity index (χ2v) is 5.21. The van der Waals surface area contributed by atoms with E-state index in [1.165, 1.54) is 0 Å². The molecular formula is C13H22N4O3. The molecule has 2 unspecified atom stereocenters. The zero-order valence-electron chi connectivity index (χ0n) is 12.1. The smallest absolute Gasteiger partial charge is 0.315 e. The molecule has 0 aliphatic rings. The Morgan fingerprint density at radius 1 is 1.50 bits per heavy atom. The number of carbonyl (C=O) groups is 2. The van der Waals surface area contributed by atoms with Crippen LogP contribution in [0.15, 0.2) is 18.7 Å². The van der Waals surface area contributed by atoms with E-state index in [1.807, 2.05) is 17.7 Å². The van der Waals surface area contributed by atoms with Gasteiger partial charge in [-0.1, -0.05) is 6.92 Å². The highest BCUT2D eigenvalue weighted by Crippen LogP contribution is 2.19. The van der Waals surface area contributed by atoms with Crippen LogP contribution in [0.5, 0.6) is 0 Å². The van der Waals surface area contributed by atoms with Crippen LogP contribution in [0.25, 0.3) is 0 Å². The molecule has 0 aliphatic carbocycles. The highest BCUT2D eigenvalue weighted by molar-refractivity contribution is 5.77. The van der Waals surface area contributed by atoms with E-state index in [9.17, 15) is 9.59 Å². The highest BCUT2D eigenvalue weighted by Gasteiger charge is 2.31. The van der Waals surface area contributed by atoms with Crippen LogP contribution in [-0.2, 0) is 11.3 Å². The van der Waals surface area contributed by atoms with E-state index in [0.29, 0.717) is 13.0 Å². The maximum Gasteiger partial charge on any atom is 0.315 e. The van der Waals surface area contributed by atoms with Crippen LogP contribution in [0.2, 0.25) is 0 Å². The van der Waals surface area contributed by atoms with E-state index in [0.717, 1.165) is 0 Å². The molecule has 112 valence electrons. The average Bonchev–Trinajstić information content (AvgIpc) is 2.88. The van der Waals surface area contributed by atoms with Crippen LogP contribution in [-0.4, -0.2) is 39.2 Å². The molecule has 0 bridgehead atoms. The molecular weight excluding hydrogens is 260 g/mol. The number of rotatable bonds is 7. The third-order valence-electron chi connectivity index (χ3n) is 3.36. The first-order valence-electron chi connectivity index (χ1n) is 6.61. The van der Waals surface area contributed by atoms with Gasteiger partial charge in [0, 0.05) is 31.5 Å². The van der Waals surface area contributed by atoms with Crippen LogP contribution in [0.4, 0.5) is 4.79 Å². The minimum Gasteiger partial charge on any atom is -0.481 e. The van der Waals surface area contributed by atoms with Crippen molar-refractivity contribution >= 4 is 12.0 Å². The summed E-state index contributed by atoms with van der Waals surface area (Å²) in [6.45, 7) is 5.98. The quantitative estimate of drug-likeness (QED) is 0.697. The Morgan fingerprint density at radius 2 is 2.20 bits per heavy atom. The van der Waals surface area contributed by atoms with Crippen molar-refractivity contribution in [3.8, 4) is 0 Å². The number of urea groups is 1. The highest BCUT2D eigenvalue weighted by atomic mass is 16.4. The summed E-state index contributed by atoms with van der Waals surface area (Å²) in [5.74, 6) is -0.910. The van der Waals surface area contributed by atoms with Gasteiger partial charge in [0.2, 0.25) is 0 Å². The second kappa shape index (κ2) is 6.93. The monoisotopic (exact) mass is 282 g/mol. The molecule has 0 saturated carbocycles. The summed E-state index contributed by atoms with van der Waals surface area (Å²) < 4.78 is 1.86. The number of nitrogens with one attached hydrogen (secondary N) is 2. The molecule has 2 amide bonds. The van der Waals surface area contributed by atoms with Gasteiger partial charge in [-0.05, 0) is 20.3 Å². The Morgan fingerprint density at radius 3 is 2.70 bits per heavy atom. The zero-order valence-corrected chi connectivity index (χ0v) is 12.1. The van der Waals surface area contributed by atoms with Gasteiger partial charge in [0.25, 0.3) is 0 Å². The average molecular weight is 282 g/mol. The normalized spacial score (nSPS) is 15.2. The molecule has 0 spiro atoms. The Labute approximate surface area is 118 Å². The molecule has 7 heteroatoms. The summed E-state index contributed by atoms with van der Waals surface area (Å²) in [4.78, 5) is 26.8. The molecule has 1 aromatic heterocycles. The molecule has 0 aromatic carbocycles. The summed E-state index contributed by atoms with van der Waals surface area (Å²) in [6.07, 6.45) is 5.61. The molecule has 7 nitrogen and oxygen atoms in total. The summed E-state index contributed by atoms with van der Waals surface area (Å²) in [5.41, 5.74) is -0.940. The fourth-order valence-electron chi connectivity index (χ4n) is 1.66. The van der Waals surface area contributed by atoms with E-state index < -0.39 is 11.4 Å². The van der Waals surface area contributed by atoms with Gasteiger partial charge in [-0.2, -0.15) is 0 Å². The lowest BCUT2D eigenvalue weighted by atomic mass is 9.88. The third-order valence-corrected chi connectivity index (χ3v) is 3.36. The fourth-order valence-corrected chi connectivity index (χ4v) is 1.66. The van der Waals surface area contributed by atoms with E-state index in [2.05, 4.69) is 15.6 Å². The third kappa shape index (κ3) is 4.56. The lowest BCUT2D eigenvalue weighted by Gasteiger charge is -2.24. The number of aliphatic carboxylic acids is 1. The molecule has 0 fully saturated rings. The van der Waals surface area contributed by atoms with E-state index in [4.69, 9.17) is 5.11 Å². The van der Waals surface area contributed by atoms with Gasteiger partial charge in [-0.25, -0.2) is 9.78 Å². The van der Waals surface area contributed by atoms with Gasteiger partial charge in [-0.15, -0.1) is 0 Å². The van der Waals surface area contributed by atoms with Gasteiger partial charge in [0.15, 0.2) is 0 Å². The van der Waals surface area contributed by atoms with Gasteiger partial charge in [0.05, 0.1) is 11.7 Å². The molecule has 20 heavy (non-hydrogen) atoms. The van der Waals surface area contributed by atoms with Crippen molar-refractivity contribution in [1.82, 2.24) is 20.2 Å². The number of amides is 2. The minimum absolute atomic E-state index is 0.0816. The van der Waals surface area contributed by atoms with Crippen molar-refractivity contribution in [3.05, 3.63) is 18.7 Å². The SMILES string of the molecule is CCC(C)(CNC(=O)NC(C)Cn1ccnc1)C(=O)O. The zero-order chi connectivity index (χ0) is 15.2. The van der Waals surface area contributed by atoms with Crippen LogP contribution in [0.1, 0.15) is 27.2 Å². The largest absolute Gasteiger partial charge is 0.481 e. The standard InChI is InChI=1S/C13H22N4O3/c1-4-13(3,11(18)19)8-15-12(20)16-10(2)7-17-6-5-14-9-17/h5-6,9-10H,4,7-8H2,1-3H3,(H,18,19)(H2,15,16,20). The van der Waals surface area contributed by atoms with Crippen LogP contribution >= 0.6 is 0 Å². The first-order valence-corrected chi connectivity index (χ1v) is 6.61. The van der Waals surface area contributed by atoms with Crippen molar-refractivity contribution in [2.24, 2.45) is 5.41 Å². The minimum atomic E-state index is -0.940. The number of imidazole rings is 1. The first kappa shape index (κ1) is 16.0. The number of hydrogen-bond donors (Lipinski definition) is 3. The van der Waals surface area contributed by atoms with E-state index in [1.54, 1.807) is 26.4 Å². The number of carboxylic acids is 1. The molecule has 2 atom stereocenters. The molecule has 1 heterocycles. The molecule has 0 radical (unpaired) electrons. The van der Waals surface area contributed by atoms with Gasteiger partial charge < -0.3 is 20.3 Å². The predicted octanol–water partition coefficient (Wildman–Crippen LogP) is 1.07. The van der Waals surface area contributed by atoms with Gasteiger partial charge >= 0.3 is 12.0 Å². The van der Waals surface area contributed by atoms with Gasteiger partial charge in [-0.3, -0.25) is 4.79 Å². The molecule has 1 rings (SSSR count). The second-order valence-electron chi connectivity index (χ2n) is 5.21. The van der Waals surface area contributed by atoms with Crippen LogP contribution in [0, 0.1) is 5.41 Å².